The Morgan fingerprint density at radius 1 is 0.788 bits per heavy atom. The zero-order valence-electron chi connectivity index (χ0n) is 18.0. The van der Waals surface area contributed by atoms with Crippen molar-refractivity contribution in [3.05, 3.63) is 48.6 Å². The summed E-state index contributed by atoms with van der Waals surface area (Å²) in [5.74, 6) is 0. The predicted octanol–water partition coefficient (Wildman–Crippen LogP) is -1.96. The highest BCUT2D eigenvalue weighted by molar-refractivity contribution is 5.13. The number of benzene rings is 1. The molecule has 1 aromatic carbocycles. The van der Waals surface area contributed by atoms with Gasteiger partial charge in [-0.1, -0.05) is 36.4 Å². The van der Waals surface area contributed by atoms with Crippen LogP contribution in [0.3, 0.4) is 0 Å². The minimum absolute atomic E-state index is 0.0111. The first-order valence-corrected chi connectivity index (χ1v) is 10.7. The fourth-order valence-corrected chi connectivity index (χ4v) is 3.81. The summed E-state index contributed by atoms with van der Waals surface area (Å²) in [4.78, 5) is 0. The van der Waals surface area contributed by atoms with E-state index in [0.29, 0.717) is 0 Å². The lowest BCUT2D eigenvalue weighted by molar-refractivity contribution is -0.362. The topological polar surface area (TPSA) is 168 Å². The molecule has 33 heavy (non-hydrogen) atoms. The summed E-state index contributed by atoms with van der Waals surface area (Å²) in [6.45, 7) is 2.44. The van der Waals surface area contributed by atoms with Gasteiger partial charge in [-0.25, -0.2) is 0 Å². The molecule has 0 amide bonds. The maximum Gasteiger partial charge on any atom is 0.187 e. The molecule has 10 atom stereocenters. The molecule has 186 valence electrons. The number of hydrogen-bond donors (Lipinski definition) is 6. The summed E-state index contributed by atoms with van der Waals surface area (Å²) in [6, 6.07) is 9.13. The van der Waals surface area contributed by atoms with Gasteiger partial charge in [0.05, 0.1) is 26.4 Å². The van der Waals surface area contributed by atoms with Gasteiger partial charge in [0, 0.05) is 0 Å². The van der Waals surface area contributed by atoms with Gasteiger partial charge in [0.15, 0.2) is 12.6 Å². The quantitative estimate of drug-likeness (QED) is 0.209. The standard InChI is InChI=1S/C22H32O11/c1-2-8-29-20-15(25)13(9-23)31-22(18(20)28)33-19-14(10-24)32-21(17(27)16(19)26)30-11-12-6-4-3-5-7-12/h2-7,13-28H,1,8-11H2/t13-,14-,15+,16-,17-,18-,19-,20+,21+,22+/m1/s1. The van der Waals surface area contributed by atoms with Gasteiger partial charge in [0.25, 0.3) is 0 Å². The molecule has 2 aliphatic heterocycles. The lowest BCUT2D eigenvalue weighted by atomic mass is 9.97. The van der Waals surface area contributed by atoms with Gasteiger partial charge < -0.3 is 54.3 Å². The number of ether oxygens (including phenoxy) is 5. The van der Waals surface area contributed by atoms with Crippen molar-refractivity contribution in [2.75, 3.05) is 19.8 Å². The molecule has 11 nitrogen and oxygen atoms in total. The maximum absolute atomic E-state index is 10.7. The third-order valence-electron chi connectivity index (χ3n) is 5.60. The highest BCUT2D eigenvalue weighted by Crippen LogP contribution is 2.30. The molecule has 0 saturated carbocycles. The second-order valence-electron chi connectivity index (χ2n) is 7.90. The SMILES string of the molecule is C=CCO[C@H]1[C@@H](O)[C@@H](CO)O[C@@H](O[C@H]2[C@H](O)[C@@H](O)[C@@H](OCc3ccccc3)O[C@@H]2CO)[C@@H]1O. The van der Waals surface area contributed by atoms with Crippen LogP contribution in [0.1, 0.15) is 5.56 Å². The Labute approximate surface area is 191 Å². The van der Waals surface area contributed by atoms with Gasteiger partial charge in [-0.05, 0) is 5.56 Å². The zero-order valence-corrected chi connectivity index (χ0v) is 18.0. The first-order chi connectivity index (χ1) is 15.9. The van der Waals surface area contributed by atoms with Gasteiger partial charge >= 0.3 is 0 Å². The number of hydrogen-bond acceptors (Lipinski definition) is 11. The Hall–Kier alpha value is -1.48. The second kappa shape index (κ2) is 12.3. The molecule has 6 N–H and O–H groups in total. The molecule has 0 spiro atoms. The largest absolute Gasteiger partial charge is 0.394 e. The van der Waals surface area contributed by atoms with E-state index in [1.54, 1.807) is 0 Å². The lowest BCUT2D eigenvalue weighted by Gasteiger charge is -2.46. The molecule has 2 saturated heterocycles. The molecule has 0 bridgehead atoms. The van der Waals surface area contributed by atoms with E-state index in [4.69, 9.17) is 23.7 Å². The van der Waals surface area contributed by atoms with Crippen LogP contribution in [0.5, 0.6) is 0 Å². The summed E-state index contributed by atoms with van der Waals surface area (Å²) < 4.78 is 27.7. The Balaban J connectivity index is 1.68. The summed E-state index contributed by atoms with van der Waals surface area (Å²) >= 11 is 0. The van der Waals surface area contributed by atoms with Crippen LogP contribution in [0.15, 0.2) is 43.0 Å². The molecule has 2 aliphatic rings. The van der Waals surface area contributed by atoms with Crippen molar-refractivity contribution in [1.82, 2.24) is 0 Å². The van der Waals surface area contributed by atoms with E-state index in [1.165, 1.54) is 6.08 Å². The van der Waals surface area contributed by atoms with Crippen molar-refractivity contribution < 1.29 is 54.3 Å². The average Bonchev–Trinajstić information content (AvgIpc) is 2.83. The molecule has 2 fully saturated rings. The van der Waals surface area contributed by atoms with Gasteiger partial charge in [-0.15, -0.1) is 6.58 Å². The van der Waals surface area contributed by atoms with Crippen molar-refractivity contribution in [2.24, 2.45) is 0 Å². The Morgan fingerprint density at radius 2 is 1.45 bits per heavy atom. The minimum atomic E-state index is -1.57. The van der Waals surface area contributed by atoms with Crippen molar-refractivity contribution >= 4 is 0 Å². The van der Waals surface area contributed by atoms with Crippen LogP contribution in [0.25, 0.3) is 0 Å². The monoisotopic (exact) mass is 472 g/mol. The molecule has 1 aromatic rings. The predicted molar refractivity (Wildman–Crippen MR) is 112 cm³/mol. The summed E-state index contributed by atoms with van der Waals surface area (Å²) in [7, 11) is 0. The number of aliphatic hydroxyl groups is 6. The molecule has 0 aromatic heterocycles. The normalized spacial score (nSPS) is 39.3. The van der Waals surface area contributed by atoms with Crippen LogP contribution in [0.4, 0.5) is 0 Å². The van der Waals surface area contributed by atoms with Crippen molar-refractivity contribution in [1.29, 1.82) is 0 Å². The van der Waals surface area contributed by atoms with E-state index in [2.05, 4.69) is 6.58 Å². The molecule has 0 radical (unpaired) electrons. The Bertz CT molecular complexity index is 718. The molecule has 11 heteroatoms. The Kier molecular flexibility index (Phi) is 9.73. The summed E-state index contributed by atoms with van der Waals surface area (Å²) in [6.07, 6.45) is -12.0. The number of rotatable bonds is 10. The van der Waals surface area contributed by atoms with Crippen LogP contribution >= 0.6 is 0 Å². The van der Waals surface area contributed by atoms with E-state index in [0.717, 1.165) is 5.56 Å². The number of aliphatic hydroxyl groups excluding tert-OH is 6. The van der Waals surface area contributed by atoms with Gasteiger partial charge in [-0.3, -0.25) is 0 Å². The summed E-state index contributed by atoms with van der Waals surface area (Å²) in [5, 5.41) is 61.4. The molecular weight excluding hydrogens is 440 g/mol. The highest BCUT2D eigenvalue weighted by Gasteiger charge is 2.51. The summed E-state index contributed by atoms with van der Waals surface area (Å²) in [5.41, 5.74) is 0.819. The van der Waals surface area contributed by atoms with Crippen molar-refractivity contribution in [3.8, 4) is 0 Å². The van der Waals surface area contributed by atoms with Crippen LogP contribution in [0, 0.1) is 0 Å². The first-order valence-electron chi connectivity index (χ1n) is 10.7. The maximum atomic E-state index is 10.7. The highest BCUT2D eigenvalue weighted by atomic mass is 16.7. The smallest absolute Gasteiger partial charge is 0.187 e. The first kappa shape index (κ1) is 26.1. The fourth-order valence-electron chi connectivity index (χ4n) is 3.81. The van der Waals surface area contributed by atoms with Crippen molar-refractivity contribution in [2.45, 2.75) is 68.0 Å². The molecular formula is C22H32O11. The minimum Gasteiger partial charge on any atom is -0.394 e. The Morgan fingerprint density at radius 3 is 2.09 bits per heavy atom. The molecule has 0 aliphatic carbocycles. The van der Waals surface area contributed by atoms with Gasteiger partial charge in [0.1, 0.15) is 48.8 Å². The molecule has 0 unspecified atom stereocenters. The van der Waals surface area contributed by atoms with E-state index in [9.17, 15) is 30.6 Å². The van der Waals surface area contributed by atoms with Crippen LogP contribution < -0.4 is 0 Å². The average molecular weight is 472 g/mol. The van der Waals surface area contributed by atoms with E-state index in [1.807, 2.05) is 30.3 Å². The third-order valence-corrected chi connectivity index (χ3v) is 5.60. The van der Waals surface area contributed by atoms with Gasteiger partial charge in [-0.2, -0.15) is 0 Å². The van der Waals surface area contributed by atoms with Gasteiger partial charge in [0.2, 0.25) is 0 Å². The zero-order chi connectivity index (χ0) is 24.0. The molecule has 2 heterocycles. The van der Waals surface area contributed by atoms with Crippen LogP contribution in [-0.4, -0.2) is 112 Å². The van der Waals surface area contributed by atoms with E-state index in [-0.39, 0.29) is 13.2 Å². The molecule has 3 rings (SSSR count). The van der Waals surface area contributed by atoms with E-state index >= 15 is 0 Å². The fraction of sp³-hybridized carbons (Fsp3) is 0.636. The third kappa shape index (κ3) is 6.15. The second-order valence-corrected chi connectivity index (χ2v) is 7.90. The van der Waals surface area contributed by atoms with Crippen molar-refractivity contribution in [3.63, 3.8) is 0 Å². The lowest BCUT2D eigenvalue weighted by Crippen LogP contribution is -2.65. The van der Waals surface area contributed by atoms with Crippen LogP contribution in [0.2, 0.25) is 0 Å². The van der Waals surface area contributed by atoms with E-state index < -0.39 is 74.6 Å². The van der Waals surface area contributed by atoms with Crippen LogP contribution in [-0.2, 0) is 30.3 Å².